The Bertz CT molecular complexity index is 595. The zero-order valence-corrected chi connectivity index (χ0v) is 11.4. The Labute approximate surface area is 113 Å². The number of hydrogen-bond donors (Lipinski definition) is 1. The Morgan fingerprint density at radius 1 is 1.16 bits per heavy atom. The first-order valence-electron chi connectivity index (χ1n) is 6.19. The van der Waals surface area contributed by atoms with Gasteiger partial charge in [-0.1, -0.05) is 24.3 Å². The van der Waals surface area contributed by atoms with E-state index in [1.165, 1.54) is 12.1 Å². The van der Waals surface area contributed by atoms with Crippen molar-refractivity contribution in [1.82, 2.24) is 0 Å². The zero-order valence-electron chi connectivity index (χ0n) is 11.4. The van der Waals surface area contributed by atoms with Crippen LogP contribution >= 0.6 is 0 Å². The minimum atomic E-state index is -0.398. The molecule has 0 saturated carbocycles. The van der Waals surface area contributed by atoms with Crippen molar-refractivity contribution in [2.75, 3.05) is 7.11 Å². The van der Waals surface area contributed by atoms with Crippen molar-refractivity contribution in [3.05, 3.63) is 64.5 Å². The van der Waals surface area contributed by atoms with E-state index in [0.717, 1.165) is 28.0 Å². The molecule has 1 atom stereocenters. The second kappa shape index (κ2) is 5.41. The highest BCUT2D eigenvalue weighted by Crippen LogP contribution is 2.32. The van der Waals surface area contributed by atoms with E-state index >= 15 is 0 Å². The van der Waals surface area contributed by atoms with Crippen LogP contribution in [0.5, 0.6) is 5.75 Å². The van der Waals surface area contributed by atoms with Crippen LogP contribution < -0.4 is 10.5 Å². The predicted octanol–water partition coefficient (Wildman–Crippen LogP) is 3.50. The van der Waals surface area contributed by atoms with Crippen LogP contribution in [-0.4, -0.2) is 7.11 Å². The largest absolute Gasteiger partial charge is 0.496 e. The minimum Gasteiger partial charge on any atom is -0.496 e. The highest BCUT2D eigenvalue weighted by atomic mass is 19.1. The smallest absolute Gasteiger partial charge is 0.127 e. The summed E-state index contributed by atoms with van der Waals surface area (Å²) in [5.74, 6) is 0.493. The van der Waals surface area contributed by atoms with Gasteiger partial charge in [0.05, 0.1) is 13.2 Å². The molecule has 0 radical (unpaired) electrons. The predicted molar refractivity (Wildman–Crippen MR) is 74.9 cm³/mol. The van der Waals surface area contributed by atoms with Crippen LogP contribution in [0.1, 0.15) is 28.3 Å². The van der Waals surface area contributed by atoms with E-state index in [9.17, 15) is 4.39 Å². The third-order valence-corrected chi connectivity index (χ3v) is 3.45. The maximum Gasteiger partial charge on any atom is 0.127 e. The van der Waals surface area contributed by atoms with Gasteiger partial charge in [-0.15, -0.1) is 0 Å². The molecule has 19 heavy (non-hydrogen) atoms. The van der Waals surface area contributed by atoms with Gasteiger partial charge in [-0.25, -0.2) is 4.39 Å². The summed E-state index contributed by atoms with van der Waals surface area (Å²) in [7, 11) is 1.63. The van der Waals surface area contributed by atoms with Crippen molar-refractivity contribution >= 4 is 0 Å². The van der Waals surface area contributed by atoms with Crippen molar-refractivity contribution in [1.29, 1.82) is 0 Å². The number of halogens is 1. The molecule has 2 rings (SSSR count). The Morgan fingerprint density at radius 3 is 2.53 bits per heavy atom. The standard InChI is InChI=1S/C16H18FNO/c1-10-7-8-14(16(19-3)11(10)2)15(18)12-5-4-6-13(17)9-12/h4-9,15H,18H2,1-3H3. The lowest BCUT2D eigenvalue weighted by molar-refractivity contribution is 0.404. The van der Waals surface area contributed by atoms with E-state index in [0.29, 0.717) is 0 Å². The topological polar surface area (TPSA) is 35.2 Å². The van der Waals surface area contributed by atoms with Crippen LogP contribution in [0.2, 0.25) is 0 Å². The molecular formula is C16H18FNO. The molecule has 2 aromatic rings. The number of nitrogens with two attached hydrogens (primary N) is 1. The van der Waals surface area contributed by atoms with Crippen molar-refractivity contribution < 1.29 is 9.13 Å². The van der Waals surface area contributed by atoms with Gasteiger partial charge in [0.1, 0.15) is 11.6 Å². The van der Waals surface area contributed by atoms with Gasteiger partial charge in [0.25, 0.3) is 0 Å². The van der Waals surface area contributed by atoms with Gasteiger partial charge in [0, 0.05) is 5.56 Å². The van der Waals surface area contributed by atoms with E-state index in [1.807, 2.05) is 32.0 Å². The lowest BCUT2D eigenvalue weighted by Gasteiger charge is -2.19. The molecule has 0 aliphatic rings. The Hall–Kier alpha value is -1.87. The van der Waals surface area contributed by atoms with Crippen molar-refractivity contribution in [2.45, 2.75) is 19.9 Å². The van der Waals surface area contributed by atoms with Crippen LogP contribution in [0.4, 0.5) is 4.39 Å². The van der Waals surface area contributed by atoms with Crippen LogP contribution in [0, 0.1) is 19.7 Å². The lowest BCUT2D eigenvalue weighted by Crippen LogP contribution is -2.14. The number of rotatable bonds is 3. The van der Waals surface area contributed by atoms with Gasteiger partial charge in [-0.2, -0.15) is 0 Å². The highest BCUT2D eigenvalue weighted by molar-refractivity contribution is 5.49. The van der Waals surface area contributed by atoms with Gasteiger partial charge in [-0.05, 0) is 42.7 Å². The first-order chi connectivity index (χ1) is 9.04. The van der Waals surface area contributed by atoms with Crippen molar-refractivity contribution in [3.8, 4) is 5.75 Å². The summed E-state index contributed by atoms with van der Waals surface area (Å²) in [4.78, 5) is 0. The van der Waals surface area contributed by atoms with Gasteiger partial charge >= 0.3 is 0 Å². The normalized spacial score (nSPS) is 12.3. The number of methoxy groups -OCH3 is 1. The quantitative estimate of drug-likeness (QED) is 0.915. The second-order valence-electron chi connectivity index (χ2n) is 4.66. The highest BCUT2D eigenvalue weighted by Gasteiger charge is 2.17. The maximum atomic E-state index is 13.3. The molecule has 2 N–H and O–H groups in total. The number of benzene rings is 2. The monoisotopic (exact) mass is 259 g/mol. The molecule has 0 spiro atoms. The van der Waals surface area contributed by atoms with Gasteiger partial charge < -0.3 is 10.5 Å². The van der Waals surface area contributed by atoms with E-state index in [2.05, 4.69) is 0 Å². The van der Waals surface area contributed by atoms with Gasteiger partial charge in [0.2, 0.25) is 0 Å². The molecular weight excluding hydrogens is 241 g/mol. The fourth-order valence-corrected chi connectivity index (χ4v) is 2.21. The van der Waals surface area contributed by atoms with Crippen LogP contribution in [0.3, 0.4) is 0 Å². The molecule has 0 aliphatic heterocycles. The average molecular weight is 259 g/mol. The van der Waals surface area contributed by atoms with Crippen molar-refractivity contribution in [3.63, 3.8) is 0 Å². The summed E-state index contributed by atoms with van der Waals surface area (Å²) in [6.45, 7) is 4.02. The minimum absolute atomic E-state index is 0.282. The molecule has 0 aromatic heterocycles. The molecule has 1 unspecified atom stereocenters. The fraction of sp³-hybridized carbons (Fsp3) is 0.250. The SMILES string of the molecule is COc1c(C(N)c2cccc(F)c2)ccc(C)c1C. The fourth-order valence-electron chi connectivity index (χ4n) is 2.21. The second-order valence-corrected chi connectivity index (χ2v) is 4.66. The first kappa shape index (κ1) is 13.6. The molecule has 2 aromatic carbocycles. The van der Waals surface area contributed by atoms with E-state index in [1.54, 1.807) is 13.2 Å². The Balaban J connectivity index is 2.50. The summed E-state index contributed by atoms with van der Waals surface area (Å²) in [5.41, 5.74) is 10.1. The van der Waals surface area contributed by atoms with E-state index < -0.39 is 6.04 Å². The third-order valence-electron chi connectivity index (χ3n) is 3.45. The summed E-state index contributed by atoms with van der Waals surface area (Å²) < 4.78 is 18.7. The van der Waals surface area contributed by atoms with Crippen LogP contribution in [-0.2, 0) is 0 Å². The van der Waals surface area contributed by atoms with E-state index in [-0.39, 0.29) is 5.82 Å². The maximum absolute atomic E-state index is 13.3. The molecule has 0 bridgehead atoms. The third kappa shape index (κ3) is 2.61. The molecule has 0 aliphatic carbocycles. The van der Waals surface area contributed by atoms with Gasteiger partial charge in [-0.3, -0.25) is 0 Å². The zero-order chi connectivity index (χ0) is 14.0. The van der Waals surface area contributed by atoms with Crippen LogP contribution in [0.25, 0.3) is 0 Å². The Kier molecular flexibility index (Phi) is 3.86. The summed E-state index contributed by atoms with van der Waals surface area (Å²) in [6, 6.07) is 9.90. The molecule has 0 saturated heterocycles. The summed E-state index contributed by atoms with van der Waals surface area (Å²) >= 11 is 0. The molecule has 0 amide bonds. The average Bonchev–Trinajstić information content (AvgIpc) is 2.41. The molecule has 3 heteroatoms. The molecule has 100 valence electrons. The van der Waals surface area contributed by atoms with Gasteiger partial charge in [0.15, 0.2) is 0 Å². The lowest BCUT2D eigenvalue weighted by atomic mass is 9.95. The number of ether oxygens (including phenoxy) is 1. The Morgan fingerprint density at radius 2 is 1.89 bits per heavy atom. The molecule has 0 heterocycles. The van der Waals surface area contributed by atoms with Crippen molar-refractivity contribution in [2.24, 2.45) is 5.73 Å². The van der Waals surface area contributed by atoms with Crippen LogP contribution in [0.15, 0.2) is 36.4 Å². The molecule has 2 nitrogen and oxygen atoms in total. The summed E-state index contributed by atoms with van der Waals surface area (Å²) in [6.07, 6.45) is 0. The summed E-state index contributed by atoms with van der Waals surface area (Å²) in [5, 5.41) is 0. The number of hydrogen-bond acceptors (Lipinski definition) is 2. The van der Waals surface area contributed by atoms with E-state index in [4.69, 9.17) is 10.5 Å². The first-order valence-corrected chi connectivity index (χ1v) is 6.19. The molecule has 0 fully saturated rings. The number of aryl methyl sites for hydroxylation is 1.